The lowest BCUT2D eigenvalue weighted by atomic mass is 10.0. The maximum absolute atomic E-state index is 5.51. The van der Waals surface area contributed by atoms with E-state index in [1.54, 1.807) is 0 Å². The Hall–Kier alpha value is -2.57. The first kappa shape index (κ1) is 21.7. The molecule has 31 heavy (non-hydrogen) atoms. The first-order chi connectivity index (χ1) is 15.3. The monoisotopic (exact) mass is 421 g/mol. The molecule has 0 atom stereocenters. The Kier molecular flexibility index (Phi) is 7.80. The van der Waals surface area contributed by atoms with E-state index in [2.05, 4.69) is 80.0 Å². The third-order valence-corrected chi connectivity index (χ3v) is 6.19. The summed E-state index contributed by atoms with van der Waals surface area (Å²) in [6, 6.07) is 19.9. The van der Waals surface area contributed by atoms with Gasteiger partial charge in [0, 0.05) is 58.0 Å². The minimum Gasteiger partial charge on any atom is -0.378 e. The second kappa shape index (κ2) is 11.2. The zero-order valence-electron chi connectivity index (χ0n) is 18.6. The number of para-hydroxylation sites is 1. The number of benzene rings is 2. The molecule has 2 aliphatic heterocycles. The zero-order valence-corrected chi connectivity index (χ0v) is 18.6. The van der Waals surface area contributed by atoms with Gasteiger partial charge in [-0.1, -0.05) is 48.5 Å². The quantitative estimate of drug-likeness (QED) is 0.555. The summed E-state index contributed by atoms with van der Waals surface area (Å²) in [6.45, 7) is 7.53. The summed E-state index contributed by atoms with van der Waals surface area (Å²) in [5.74, 6) is 0.887. The highest BCUT2D eigenvalue weighted by Crippen LogP contribution is 2.21. The molecule has 0 saturated carbocycles. The lowest BCUT2D eigenvalue weighted by Gasteiger charge is -2.33. The maximum Gasteiger partial charge on any atom is 0.191 e. The number of likely N-dealkylation sites (tertiary alicyclic amines) is 1. The molecular formula is C25H35N5O. The van der Waals surface area contributed by atoms with Crippen molar-refractivity contribution >= 4 is 11.6 Å². The lowest BCUT2D eigenvalue weighted by molar-refractivity contribution is 0.122. The van der Waals surface area contributed by atoms with E-state index in [-0.39, 0.29) is 0 Å². The van der Waals surface area contributed by atoms with E-state index in [0.29, 0.717) is 6.04 Å². The standard InChI is InChI=1S/C25H35N5O/c1-26-25(27-19-22-9-5-6-10-24(22)30-15-17-31-18-16-30)28-23-11-13-29(14-12-23)20-21-7-3-2-4-8-21/h2-10,23H,11-20H2,1H3,(H2,26,27,28). The van der Waals surface area contributed by atoms with Crippen LogP contribution in [0.2, 0.25) is 0 Å². The molecule has 2 heterocycles. The number of rotatable bonds is 6. The fourth-order valence-electron chi connectivity index (χ4n) is 4.42. The average molecular weight is 422 g/mol. The van der Waals surface area contributed by atoms with Gasteiger partial charge in [0.05, 0.1) is 13.2 Å². The van der Waals surface area contributed by atoms with Gasteiger partial charge in [-0.3, -0.25) is 9.89 Å². The number of hydrogen-bond donors (Lipinski definition) is 2. The van der Waals surface area contributed by atoms with Crippen molar-refractivity contribution in [2.75, 3.05) is 51.3 Å². The van der Waals surface area contributed by atoms with Crippen molar-refractivity contribution in [1.29, 1.82) is 0 Å². The molecule has 2 aliphatic rings. The number of anilines is 1. The third-order valence-electron chi connectivity index (χ3n) is 6.19. The highest BCUT2D eigenvalue weighted by molar-refractivity contribution is 5.80. The van der Waals surface area contributed by atoms with Gasteiger partial charge in [0.15, 0.2) is 5.96 Å². The lowest BCUT2D eigenvalue weighted by Crippen LogP contribution is -2.48. The molecule has 2 fully saturated rings. The van der Waals surface area contributed by atoms with E-state index in [9.17, 15) is 0 Å². The van der Waals surface area contributed by atoms with E-state index < -0.39 is 0 Å². The van der Waals surface area contributed by atoms with Gasteiger partial charge in [0.1, 0.15) is 0 Å². The van der Waals surface area contributed by atoms with E-state index in [1.165, 1.54) is 16.8 Å². The van der Waals surface area contributed by atoms with Gasteiger partial charge < -0.3 is 20.3 Å². The first-order valence-corrected chi connectivity index (χ1v) is 11.5. The Morgan fingerprint density at radius 2 is 1.68 bits per heavy atom. The van der Waals surface area contributed by atoms with Gasteiger partial charge in [0.25, 0.3) is 0 Å². The van der Waals surface area contributed by atoms with E-state index in [0.717, 1.165) is 71.3 Å². The normalized spacial score (nSPS) is 18.7. The van der Waals surface area contributed by atoms with Gasteiger partial charge in [0.2, 0.25) is 0 Å². The van der Waals surface area contributed by atoms with Crippen LogP contribution in [0.1, 0.15) is 24.0 Å². The van der Waals surface area contributed by atoms with Crippen LogP contribution in [0.3, 0.4) is 0 Å². The van der Waals surface area contributed by atoms with Crippen molar-refractivity contribution in [3.8, 4) is 0 Å². The Bertz CT molecular complexity index is 827. The van der Waals surface area contributed by atoms with Crippen LogP contribution in [0.5, 0.6) is 0 Å². The number of nitrogens with zero attached hydrogens (tertiary/aromatic N) is 3. The molecule has 0 unspecified atom stereocenters. The Morgan fingerprint density at radius 1 is 0.968 bits per heavy atom. The topological polar surface area (TPSA) is 52.1 Å². The summed E-state index contributed by atoms with van der Waals surface area (Å²) in [6.07, 6.45) is 2.27. The predicted molar refractivity (Wildman–Crippen MR) is 128 cm³/mol. The van der Waals surface area contributed by atoms with Crippen LogP contribution in [-0.4, -0.2) is 63.3 Å². The van der Waals surface area contributed by atoms with Crippen LogP contribution >= 0.6 is 0 Å². The molecular weight excluding hydrogens is 386 g/mol. The number of hydrogen-bond acceptors (Lipinski definition) is 4. The molecule has 6 heteroatoms. The Morgan fingerprint density at radius 3 is 2.42 bits per heavy atom. The largest absolute Gasteiger partial charge is 0.378 e. The van der Waals surface area contributed by atoms with Crippen LogP contribution in [0.4, 0.5) is 5.69 Å². The van der Waals surface area contributed by atoms with Crippen molar-refractivity contribution in [2.45, 2.75) is 32.0 Å². The van der Waals surface area contributed by atoms with Crippen molar-refractivity contribution < 1.29 is 4.74 Å². The number of ether oxygens (including phenoxy) is 1. The van der Waals surface area contributed by atoms with Gasteiger partial charge in [-0.25, -0.2) is 0 Å². The maximum atomic E-state index is 5.51. The van der Waals surface area contributed by atoms with Gasteiger partial charge >= 0.3 is 0 Å². The number of nitrogens with one attached hydrogen (secondary N) is 2. The third kappa shape index (κ3) is 6.21. The first-order valence-electron chi connectivity index (χ1n) is 11.5. The number of guanidine groups is 1. The summed E-state index contributed by atoms with van der Waals surface area (Å²) in [7, 11) is 1.85. The van der Waals surface area contributed by atoms with Crippen LogP contribution in [-0.2, 0) is 17.8 Å². The Balaban J connectivity index is 1.25. The fourth-order valence-corrected chi connectivity index (χ4v) is 4.42. The molecule has 6 nitrogen and oxygen atoms in total. The summed E-state index contributed by atoms with van der Waals surface area (Å²) >= 11 is 0. The fraction of sp³-hybridized carbons (Fsp3) is 0.480. The average Bonchev–Trinajstić information content (AvgIpc) is 2.84. The highest BCUT2D eigenvalue weighted by atomic mass is 16.5. The number of piperidine rings is 1. The number of morpholine rings is 1. The molecule has 2 aromatic carbocycles. The molecule has 166 valence electrons. The molecule has 0 spiro atoms. The van der Waals surface area contributed by atoms with E-state index in [1.807, 2.05) is 7.05 Å². The van der Waals surface area contributed by atoms with Gasteiger partial charge in [-0.2, -0.15) is 0 Å². The summed E-state index contributed by atoms with van der Waals surface area (Å²) in [5, 5.41) is 7.17. The molecule has 0 aromatic heterocycles. The van der Waals surface area contributed by atoms with Gasteiger partial charge in [-0.15, -0.1) is 0 Å². The minimum atomic E-state index is 0.465. The number of aliphatic imine (C=N–C) groups is 1. The molecule has 2 saturated heterocycles. The molecule has 0 amide bonds. The molecule has 2 N–H and O–H groups in total. The van der Waals surface area contributed by atoms with Crippen LogP contribution in [0.15, 0.2) is 59.6 Å². The second-order valence-electron chi connectivity index (χ2n) is 8.33. The minimum absolute atomic E-state index is 0.465. The molecule has 0 radical (unpaired) electrons. The van der Waals surface area contributed by atoms with E-state index >= 15 is 0 Å². The van der Waals surface area contributed by atoms with Crippen LogP contribution in [0.25, 0.3) is 0 Å². The SMILES string of the molecule is CN=C(NCc1ccccc1N1CCOCC1)NC1CCN(Cc2ccccc2)CC1. The van der Waals surface area contributed by atoms with Crippen molar-refractivity contribution in [3.05, 3.63) is 65.7 Å². The molecule has 0 aliphatic carbocycles. The summed E-state index contributed by atoms with van der Waals surface area (Å²) in [5.41, 5.74) is 3.98. The zero-order chi connectivity index (χ0) is 21.3. The smallest absolute Gasteiger partial charge is 0.191 e. The summed E-state index contributed by atoms with van der Waals surface area (Å²) < 4.78 is 5.51. The van der Waals surface area contributed by atoms with Crippen LogP contribution < -0.4 is 15.5 Å². The van der Waals surface area contributed by atoms with Crippen molar-refractivity contribution in [1.82, 2.24) is 15.5 Å². The molecule has 0 bridgehead atoms. The van der Waals surface area contributed by atoms with Crippen molar-refractivity contribution in [2.24, 2.45) is 4.99 Å². The van der Waals surface area contributed by atoms with E-state index in [4.69, 9.17) is 4.74 Å². The second-order valence-corrected chi connectivity index (χ2v) is 8.33. The van der Waals surface area contributed by atoms with Gasteiger partial charge in [-0.05, 0) is 30.0 Å². The molecule has 4 rings (SSSR count). The van der Waals surface area contributed by atoms with Crippen LogP contribution in [0, 0.1) is 0 Å². The van der Waals surface area contributed by atoms with Crippen molar-refractivity contribution in [3.63, 3.8) is 0 Å². The predicted octanol–water partition coefficient (Wildman–Crippen LogP) is 2.85. The Labute approximate surface area is 186 Å². The summed E-state index contributed by atoms with van der Waals surface area (Å²) in [4.78, 5) is 9.43. The highest BCUT2D eigenvalue weighted by Gasteiger charge is 2.20. The molecule has 2 aromatic rings.